The first-order chi connectivity index (χ1) is 9.86. The molecule has 0 aliphatic heterocycles. The van der Waals surface area contributed by atoms with E-state index in [2.05, 4.69) is 0 Å². The van der Waals surface area contributed by atoms with Gasteiger partial charge in [-0.2, -0.15) is 5.26 Å². The first kappa shape index (κ1) is 16.8. The molecule has 0 fully saturated rings. The van der Waals surface area contributed by atoms with Crippen LogP contribution in [0.2, 0.25) is 0 Å². The van der Waals surface area contributed by atoms with Crippen LogP contribution < -0.4 is 0 Å². The monoisotopic (exact) mass is 294 g/mol. The van der Waals surface area contributed by atoms with Gasteiger partial charge < -0.3 is 4.90 Å². The van der Waals surface area contributed by atoms with Crippen molar-refractivity contribution in [2.24, 2.45) is 0 Å². The molecule has 1 amide bonds. The van der Waals surface area contributed by atoms with Gasteiger partial charge in [0.15, 0.2) is 5.78 Å². The molecule has 0 spiro atoms. The molecule has 112 valence electrons. The summed E-state index contributed by atoms with van der Waals surface area (Å²) in [6, 6.07) is 4.41. The number of nitrogens with zero attached hydrogens (tertiary/aromatic N) is 2. The quantitative estimate of drug-likeness (QED) is 0.758. The van der Waals surface area contributed by atoms with Crippen molar-refractivity contribution in [2.75, 3.05) is 7.05 Å². The van der Waals surface area contributed by atoms with E-state index in [1.165, 1.54) is 4.90 Å². The van der Waals surface area contributed by atoms with E-state index in [0.717, 1.165) is 12.1 Å². The maximum absolute atomic E-state index is 13.4. The Bertz CT molecular complexity index is 582. The number of amides is 1. The number of ketones is 1. The lowest BCUT2D eigenvalue weighted by molar-refractivity contribution is -0.131. The molecule has 1 rings (SSSR count). The number of carbonyl (C=O) groups is 2. The molecule has 1 aromatic rings. The van der Waals surface area contributed by atoms with Crippen molar-refractivity contribution >= 4 is 11.7 Å². The molecule has 6 heteroatoms. The Kier molecular flexibility index (Phi) is 5.97. The van der Waals surface area contributed by atoms with Crippen molar-refractivity contribution < 1.29 is 18.4 Å². The predicted molar refractivity (Wildman–Crippen MR) is 72.4 cm³/mol. The fourth-order valence-corrected chi connectivity index (χ4v) is 1.76. The second-order valence-electron chi connectivity index (χ2n) is 4.76. The molecular weight excluding hydrogens is 278 g/mol. The van der Waals surface area contributed by atoms with Crippen molar-refractivity contribution in [3.8, 4) is 6.07 Å². The van der Waals surface area contributed by atoms with Gasteiger partial charge in [0.2, 0.25) is 5.91 Å². The Labute approximate surface area is 122 Å². The zero-order chi connectivity index (χ0) is 16.0. The molecule has 0 bridgehead atoms. The third-order valence-corrected chi connectivity index (χ3v) is 3.24. The van der Waals surface area contributed by atoms with Crippen molar-refractivity contribution in [1.29, 1.82) is 5.26 Å². The van der Waals surface area contributed by atoms with E-state index in [-0.39, 0.29) is 36.8 Å². The summed E-state index contributed by atoms with van der Waals surface area (Å²) >= 11 is 0. The van der Waals surface area contributed by atoms with Crippen LogP contribution in [0.5, 0.6) is 0 Å². The van der Waals surface area contributed by atoms with E-state index in [1.807, 2.05) is 6.07 Å². The number of nitriles is 1. The minimum Gasteiger partial charge on any atom is -0.342 e. The number of benzene rings is 1. The molecule has 0 aliphatic rings. The fraction of sp³-hybridized carbons (Fsp3) is 0.400. The van der Waals surface area contributed by atoms with E-state index in [1.54, 1.807) is 14.0 Å². The molecule has 0 aliphatic carbocycles. The summed E-state index contributed by atoms with van der Waals surface area (Å²) in [7, 11) is 1.55. The number of carbonyl (C=O) groups excluding carboxylic acids is 2. The predicted octanol–water partition coefficient (Wildman–Crippen LogP) is 2.69. The molecule has 0 heterocycles. The van der Waals surface area contributed by atoms with Gasteiger partial charge in [-0.05, 0) is 19.1 Å². The van der Waals surface area contributed by atoms with E-state index in [9.17, 15) is 18.4 Å². The zero-order valence-electron chi connectivity index (χ0n) is 11.9. The average molecular weight is 294 g/mol. The summed E-state index contributed by atoms with van der Waals surface area (Å²) in [4.78, 5) is 25.0. The number of halogens is 2. The van der Waals surface area contributed by atoms with Crippen LogP contribution in [0.25, 0.3) is 0 Å². The molecule has 21 heavy (non-hydrogen) atoms. The highest BCUT2D eigenvalue weighted by molar-refractivity contribution is 5.98. The molecule has 0 saturated carbocycles. The first-order valence-electron chi connectivity index (χ1n) is 6.47. The highest BCUT2D eigenvalue weighted by Gasteiger charge is 2.18. The van der Waals surface area contributed by atoms with Crippen LogP contribution in [0.3, 0.4) is 0 Å². The third kappa shape index (κ3) is 4.63. The summed E-state index contributed by atoms with van der Waals surface area (Å²) in [5.74, 6) is -2.54. The molecule has 1 aromatic carbocycles. The maximum atomic E-state index is 13.4. The van der Waals surface area contributed by atoms with Gasteiger partial charge in [0.1, 0.15) is 11.6 Å². The molecule has 0 aromatic heterocycles. The van der Waals surface area contributed by atoms with Crippen molar-refractivity contribution in [2.45, 2.75) is 32.2 Å². The zero-order valence-corrected chi connectivity index (χ0v) is 11.9. The second kappa shape index (κ2) is 7.48. The Balaban J connectivity index is 2.60. The lowest BCUT2D eigenvalue weighted by Gasteiger charge is -2.22. The lowest BCUT2D eigenvalue weighted by atomic mass is 10.1. The van der Waals surface area contributed by atoms with E-state index in [4.69, 9.17) is 5.26 Å². The molecule has 0 saturated heterocycles. The van der Waals surface area contributed by atoms with Gasteiger partial charge in [0.05, 0.1) is 18.1 Å². The molecule has 0 unspecified atom stereocenters. The van der Waals surface area contributed by atoms with Gasteiger partial charge in [-0.25, -0.2) is 8.78 Å². The second-order valence-corrected chi connectivity index (χ2v) is 4.76. The highest BCUT2D eigenvalue weighted by atomic mass is 19.1. The van der Waals surface area contributed by atoms with Crippen LogP contribution in [-0.4, -0.2) is 29.7 Å². The van der Waals surface area contributed by atoms with Crippen LogP contribution in [0.4, 0.5) is 8.78 Å². The summed E-state index contributed by atoms with van der Waals surface area (Å²) in [5, 5.41) is 8.57. The Hall–Kier alpha value is -2.29. The Morgan fingerprint density at radius 1 is 1.33 bits per heavy atom. The van der Waals surface area contributed by atoms with Crippen molar-refractivity contribution in [3.63, 3.8) is 0 Å². The number of rotatable bonds is 6. The average Bonchev–Trinajstić information content (AvgIpc) is 2.43. The third-order valence-electron chi connectivity index (χ3n) is 3.24. The molecular formula is C15H16F2N2O2. The van der Waals surface area contributed by atoms with Gasteiger partial charge in [0, 0.05) is 32.0 Å². The maximum Gasteiger partial charge on any atom is 0.223 e. The largest absolute Gasteiger partial charge is 0.342 e. The first-order valence-corrected chi connectivity index (χ1v) is 6.47. The standard InChI is InChI=1S/C15H16F2N2O2/c1-10(7-8-18)19(2)15(21)6-5-14(20)12-4-3-11(16)9-13(12)17/h3-4,9-10H,5-7H2,1-2H3/t10-/m1/s1. The van der Waals surface area contributed by atoms with Crippen LogP contribution >= 0.6 is 0 Å². The molecule has 0 radical (unpaired) electrons. The van der Waals surface area contributed by atoms with Crippen molar-refractivity contribution in [3.05, 3.63) is 35.4 Å². The minimum absolute atomic E-state index is 0.0814. The van der Waals surface area contributed by atoms with Gasteiger partial charge in [0.25, 0.3) is 0 Å². The van der Waals surface area contributed by atoms with Gasteiger partial charge in [-0.15, -0.1) is 0 Å². The lowest BCUT2D eigenvalue weighted by Crippen LogP contribution is -2.34. The fourth-order valence-electron chi connectivity index (χ4n) is 1.76. The topological polar surface area (TPSA) is 61.2 Å². The van der Waals surface area contributed by atoms with Gasteiger partial charge in [-0.1, -0.05) is 0 Å². The Morgan fingerprint density at radius 2 is 2.00 bits per heavy atom. The SMILES string of the molecule is C[C@H](CC#N)N(C)C(=O)CCC(=O)c1ccc(F)cc1F. The van der Waals surface area contributed by atoms with Gasteiger partial charge in [-0.3, -0.25) is 9.59 Å². The van der Waals surface area contributed by atoms with Crippen LogP contribution in [0.15, 0.2) is 18.2 Å². The molecule has 0 N–H and O–H groups in total. The normalized spacial score (nSPS) is 11.6. The summed E-state index contributed by atoms with van der Waals surface area (Å²) in [5.41, 5.74) is -0.225. The van der Waals surface area contributed by atoms with E-state index in [0.29, 0.717) is 6.07 Å². The highest BCUT2D eigenvalue weighted by Crippen LogP contribution is 2.13. The smallest absolute Gasteiger partial charge is 0.223 e. The van der Waals surface area contributed by atoms with E-state index >= 15 is 0 Å². The van der Waals surface area contributed by atoms with Gasteiger partial charge >= 0.3 is 0 Å². The van der Waals surface area contributed by atoms with Crippen molar-refractivity contribution in [1.82, 2.24) is 4.90 Å². The molecule has 4 nitrogen and oxygen atoms in total. The Morgan fingerprint density at radius 3 is 2.57 bits per heavy atom. The van der Waals surface area contributed by atoms with Crippen LogP contribution in [0, 0.1) is 23.0 Å². The summed E-state index contributed by atoms with van der Waals surface area (Å²) in [6.45, 7) is 1.72. The summed E-state index contributed by atoms with van der Waals surface area (Å²) in [6.07, 6.45) is -0.0459. The van der Waals surface area contributed by atoms with Crippen LogP contribution in [0.1, 0.15) is 36.5 Å². The summed E-state index contributed by atoms with van der Waals surface area (Å²) < 4.78 is 26.2. The van der Waals surface area contributed by atoms with Crippen LogP contribution in [-0.2, 0) is 4.79 Å². The molecule has 1 atom stereocenters. The number of hydrogen-bond donors (Lipinski definition) is 0. The minimum atomic E-state index is -0.932. The number of hydrogen-bond acceptors (Lipinski definition) is 3. The van der Waals surface area contributed by atoms with E-state index < -0.39 is 17.4 Å². The number of Topliss-reactive ketones (excluding diaryl/α,β-unsaturated/α-hetero) is 1.